The first kappa shape index (κ1) is 49.1. The number of halogens is 1. The Kier molecular flexibility index (Phi) is 13.2. The standard InChI is InChI=1S/C58H68FN11O5/c1-36(2)69-35-61-49-33-48(63-53(52(49)69)62-47-9-5-4-8-45(47)59)39-10-13-44-50(30-39)70(42-31-41(32-42)65-22-6-3-7-23-65)57(75)58(44)20-28-68(29-21-58)56(74)38-18-26-67(27-19-38)55(73)37-16-24-66(25-17-37)40-11-14-46(60-34-40)43-12-15-51(71)64-54(43)72/h4-5,8-11,13-14,30,33-38,41-43H,3,6-7,12,15-29,31-32H2,1-2H3,(H,62,63)(H,64,71,72). The van der Waals surface area contributed by atoms with Crippen molar-refractivity contribution in [2.75, 3.05) is 67.5 Å². The molecule has 1 atom stereocenters. The molecule has 16 nitrogen and oxygen atoms in total. The molecule has 1 spiro atoms. The van der Waals surface area contributed by atoms with Crippen LogP contribution in [0.4, 0.5) is 27.3 Å². The maximum atomic E-state index is 15.3. The van der Waals surface area contributed by atoms with Crippen molar-refractivity contribution in [3.05, 3.63) is 90.3 Å². The van der Waals surface area contributed by atoms with Gasteiger partial charge in [0.15, 0.2) is 5.82 Å². The molecule has 0 radical (unpaired) electrons. The quantitative estimate of drug-likeness (QED) is 0.131. The molecule has 5 aromatic rings. The Bertz CT molecular complexity index is 3010. The van der Waals surface area contributed by atoms with Crippen LogP contribution in [0.3, 0.4) is 0 Å². The number of nitrogens with one attached hydrogen (secondary N) is 2. The zero-order chi connectivity index (χ0) is 51.5. The summed E-state index contributed by atoms with van der Waals surface area (Å²) in [7, 11) is 0. The second-order valence-corrected chi connectivity index (χ2v) is 22.6. The number of imidazole rings is 1. The summed E-state index contributed by atoms with van der Waals surface area (Å²) in [5.41, 5.74) is 6.20. The number of benzene rings is 2. The summed E-state index contributed by atoms with van der Waals surface area (Å²) in [6, 6.07) is 19.4. The van der Waals surface area contributed by atoms with Crippen LogP contribution in [-0.4, -0.2) is 128 Å². The summed E-state index contributed by atoms with van der Waals surface area (Å²) >= 11 is 0. The van der Waals surface area contributed by atoms with E-state index in [2.05, 4.69) is 62.4 Å². The molecule has 1 aliphatic carbocycles. The van der Waals surface area contributed by atoms with Crippen LogP contribution in [0.15, 0.2) is 73.2 Å². The molecule has 2 aromatic carbocycles. The topological polar surface area (TPSA) is 169 Å². The molecule has 6 fully saturated rings. The molecule has 1 saturated carbocycles. The fraction of sp³-hybridized carbons (Fsp3) is 0.517. The monoisotopic (exact) mass is 1020 g/mol. The minimum atomic E-state index is -0.743. The first-order chi connectivity index (χ1) is 36.4. The Morgan fingerprint density at radius 1 is 0.773 bits per heavy atom. The Hall–Kier alpha value is -6.75. The lowest BCUT2D eigenvalue weighted by Gasteiger charge is -2.48. The van der Waals surface area contributed by atoms with Gasteiger partial charge in [0, 0.05) is 86.9 Å². The van der Waals surface area contributed by atoms with Crippen molar-refractivity contribution in [1.29, 1.82) is 0 Å². The maximum Gasteiger partial charge on any atom is 0.238 e. The second kappa shape index (κ2) is 20.1. The Morgan fingerprint density at radius 3 is 2.16 bits per heavy atom. The number of carbonyl (C=O) groups is 5. The number of likely N-dealkylation sites (tertiary alicyclic amines) is 3. The fourth-order valence-corrected chi connectivity index (χ4v) is 13.4. The van der Waals surface area contributed by atoms with Gasteiger partial charge in [0.05, 0.1) is 52.1 Å². The molecule has 392 valence electrons. The zero-order valence-corrected chi connectivity index (χ0v) is 43.2. The van der Waals surface area contributed by atoms with E-state index in [1.807, 2.05) is 32.6 Å². The normalized spacial score (nSPS) is 23.7. The minimum Gasteiger partial charge on any atom is -0.370 e. The largest absolute Gasteiger partial charge is 0.370 e. The van der Waals surface area contributed by atoms with E-state index in [1.54, 1.807) is 30.7 Å². The van der Waals surface area contributed by atoms with E-state index in [1.165, 1.54) is 25.3 Å². The van der Waals surface area contributed by atoms with Gasteiger partial charge < -0.3 is 34.4 Å². The summed E-state index contributed by atoms with van der Waals surface area (Å²) < 4.78 is 17.2. The summed E-state index contributed by atoms with van der Waals surface area (Å²) in [6.45, 7) is 9.95. The molecular weight excluding hydrogens is 950 g/mol. The van der Waals surface area contributed by atoms with E-state index >= 15 is 9.18 Å². The van der Waals surface area contributed by atoms with Crippen LogP contribution in [0, 0.1) is 17.7 Å². The SMILES string of the molecule is CC(C)n1cnc2cc(-c3ccc4c(c3)N(C3CC(N5CCCCC5)C3)C(=O)C43CCN(C(=O)C4CCN(C(=O)C5CCN(c6ccc(C7CCC(=O)NC7=O)nc6)CC5)CC4)CC3)nc(Nc3ccccc3F)c21. The smallest absolute Gasteiger partial charge is 0.238 e. The van der Waals surface area contributed by atoms with Crippen LogP contribution in [-0.2, 0) is 29.4 Å². The molecule has 3 aromatic heterocycles. The number of para-hydroxylation sites is 1. The van der Waals surface area contributed by atoms with E-state index < -0.39 is 11.3 Å². The zero-order valence-electron chi connectivity index (χ0n) is 43.2. The highest BCUT2D eigenvalue weighted by Gasteiger charge is 2.56. The van der Waals surface area contributed by atoms with Crippen molar-refractivity contribution in [3.8, 4) is 11.3 Å². The van der Waals surface area contributed by atoms with Gasteiger partial charge in [-0.15, -0.1) is 0 Å². The van der Waals surface area contributed by atoms with Crippen LogP contribution in [0.25, 0.3) is 22.3 Å². The first-order valence-electron chi connectivity index (χ1n) is 27.7. The predicted octanol–water partition coefficient (Wildman–Crippen LogP) is 7.86. The summed E-state index contributed by atoms with van der Waals surface area (Å²) in [6.07, 6.45) is 13.8. The van der Waals surface area contributed by atoms with E-state index in [9.17, 15) is 19.2 Å². The highest BCUT2D eigenvalue weighted by molar-refractivity contribution is 6.09. The summed E-state index contributed by atoms with van der Waals surface area (Å²) in [4.78, 5) is 92.9. The third-order valence-electron chi connectivity index (χ3n) is 18.0. The third kappa shape index (κ3) is 9.11. The van der Waals surface area contributed by atoms with Crippen molar-refractivity contribution < 1.29 is 28.4 Å². The van der Waals surface area contributed by atoms with E-state index in [-0.39, 0.29) is 59.3 Å². The van der Waals surface area contributed by atoms with Crippen LogP contribution < -0.4 is 20.4 Å². The lowest BCUT2D eigenvalue weighted by Crippen LogP contribution is -2.58. The van der Waals surface area contributed by atoms with Gasteiger partial charge in [-0.2, -0.15) is 0 Å². The molecule has 5 saturated heterocycles. The van der Waals surface area contributed by atoms with Crippen LogP contribution >= 0.6 is 0 Å². The van der Waals surface area contributed by atoms with Gasteiger partial charge in [0.25, 0.3) is 0 Å². The maximum absolute atomic E-state index is 15.3. The van der Waals surface area contributed by atoms with Crippen molar-refractivity contribution in [1.82, 2.24) is 39.5 Å². The average molecular weight is 1020 g/mol. The van der Waals surface area contributed by atoms with Crippen molar-refractivity contribution in [2.24, 2.45) is 11.8 Å². The molecule has 0 bridgehead atoms. The van der Waals surface area contributed by atoms with Crippen molar-refractivity contribution in [3.63, 3.8) is 0 Å². The number of amides is 5. The van der Waals surface area contributed by atoms with Crippen molar-refractivity contribution in [2.45, 2.75) is 127 Å². The number of hydrogen-bond acceptors (Lipinski definition) is 11. The number of pyridine rings is 2. The lowest BCUT2D eigenvalue weighted by molar-refractivity contribution is -0.144. The first-order valence-corrected chi connectivity index (χ1v) is 27.7. The molecule has 9 heterocycles. The van der Waals surface area contributed by atoms with Gasteiger partial charge in [-0.1, -0.05) is 30.7 Å². The number of fused-ring (bicyclic) bond motifs is 3. The molecule has 7 aliphatic rings. The van der Waals surface area contributed by atoms with E-state index in [0.717, 1.165) is 85.4 Å². The minimum absolute atomic E-state index is 0.0740. The van der Waals surface area contributed by atoms with Gasteiger partial charge in [-0.25, -0.2) is 14.4 Å². The molecule has 12 rings (SSSR count). The molecule has 75 heavy (non-hydrogen) atoms. The number of hydrogen-bond donors (Lipinski definition) is 2. The predicted molar refractivity (Wildman–Crippen MR) is 284 cm³/mol. The van der Waals surface area contributed by atoms with Gasteiger partial charge in [0.2, 0.25) is 29.5 Å². The molecular formula is C58H68FN11O5. The number of imide groups is 1. The average Bonchev–Trinajstić information content (AvgIpc) is 3.96. The molecule has 2 N–H and O–H groups in total. The van der Waals surface area contributed by atoms with Crippen LogP contribution in [0.2, 0.25) is 0 Å². The Morgan fingerprint density at radius 2 is 1.48 bits per heavy atom. The second-order valence-electron chi connectivity index (χ2n) is 22.6. The molecule has 1 unspecified atom stereocenters. The number of nitrogens with zero attached hydrogens (tertiary/aromatic N) is 9. The number of piperidine rings is 5. The van der Waals surface area contributed by atoms with Gasteiger partial charge in [-0.05, 0) is 140 Å². The number of aromatic nitrogens is 4. The fourth-order valence-electron chi connectivity index (χ4n) is 13.4. The van der Waals surface area contributed by atoms with E-state index in [0.29, 0.717) is 93.6 Å². The highest BCUT2D eigenvalue weighted by Crippen LogP contribution is 2.52. The number of carbonyl (C=O) groups excluding carboxylic acids is 5. The summed E-state index contributed by atoms with van der Waals surface area (Å²) in [5, 5.41) is 5.69. The van der Waals surface area contributed by atoms with E-state index in [4.69, 9.17) is 9.97 Å². The highest BCUT2D eigenvalue weighted by atomic mass is 19.1. The number of rotatable bonds is 10. The summed E-state index contributed by atoms with van der Waals surface area (Å²) in [5.74, 6) is -0.633. The van der Waals surface area contributed by atoms with Crippen LogP contribution in [0.5, 0.6) is 0 Å². The van der Waals surface area contributed by atoms with Gasteiger partial charge in [-0.3, -0.25) is 34.3 Å². The number of anilines is 4. The lowest BCUT2D eigenvalue weighted by atomic mass is 9.73. The molecule has 5 amide bonds. The van der Waals surface area contributed by atoms with Crippen molar-refractivity contribution >= 4 is 63.4 Å². The third-order valence-corrected chi connectivity index (χ3v) is 18.0. The molecule has 6 aliphatic heterocycles. The Balaban J connectivity index is 0.712. The Labute approximate surface area is 437 Å². The van der Waals surface area contributed by atoms with Crippen LogP contribution in [0.1, 0.15) is 121 Å². The van der Waals surface area contributed by atoms with Gasteiger partial charge in [0.1, 0.15) is 11.3 Å². The molecule has 17 heteroatoms. The van der Waals surface area contributed by atoms with Gasteiger partial charge >= 0.3 is 0 Å².